The van der Waals surface area contributed by atoms with Crippen molar-refractivity contribution in [2.45, 2.75) is 70.0 Å². The fourth-order valence-electron chi connectivity index (χ4n) is 6.28. The Morgan fingerprint density at radius 3 is 2.36 bits per heavy atom. The van der Waals surface area contributed by atoms with Gasteiger partial charge in [0.1, 0.15) is 0 Å². The van der Waals surface area contributed by atoms with Gasteiger partial charge in [-0.3, -0.25) is 0 Å². The van der Waals surface area contributed by atoms with E-state index in [9.17, 15) is 5.11 Å². The third-order valence-corrected chi connectivity index (χ3v) is 6.77. The Bertz CT molecular complexity index is 362. The lowest BCUT2D eigenvalue weighted by Gasteiger charge is -2.56. The molecule has 4 saturated carbocycles. The Morgan fingerprint density at radius 2 is 1.77 bits per heavy atom. The van der Waals surface area contributed by atoms with E-state index in [1.807, 2.05) is 0 Å². The Hall–Kier alpha value is -0.120. The zero-order valence-electron chi connectivity index (χ0n) is 14.2. The topological polar surface area (TPSA) is 32.7 Å². The number of rotatable bonds is 5. The number of likely N-dealkylation sites (tertiary alicyclic amines) is 1. The number of hydrogen-bond acceptors (Lipinski definition) is 3. The molecular formula is C19H33NO2. The van der Waals surface area contributed by atoms with Gasteiger partial charge in [-0.05, 0) is 81.6 Å². The van der Waals surface area contributed by atoms with Crippen LogP contribution in [0.5, 0.6) is 0 Å². The highest BCUT2D eigenvalue weighted by molar-refractivity contribution is 5.03. The molecule has 1 saturated heterocycles. The van der Waals surface area contributed by atoms with Gasteiger partial charge in [-0.2, -0.15) is 0 Å². The van der Waals surface area contributed by atoms with Crippen LogP contribution in [-0.4, -0.2) is 48.0 Å². The van der Waals surface area contributed by atoms with E-state index in [0.717, 1.165) is 43.3 Å². The van der Waals surface area contributed by atoms with Gasteiger partial charge in [0, 0.05) is 13.1 Å². The molecule has 5 rings (SSSR count). The SMILES string of the molecule is C[C@H]1CCCN(C[C@H](O)COC23CC4CC(CC(C4)C2)C3)C1. The summed E-state index contributed by atoms with van der Waals surface area (Å²) < 4.78 is 6.40. The quantitative estimate of drug-likeness (QED) is 0.847. The van der Waals surface area contributed by atoms with Crippen molar-refractivity contribution in [3.8, 4) is 0 Å². The van der Waals surface area contributed by atoms with Crippen molar-refractivity contribution in [2.24, 2.45) is 23.7 Å². The minimum absolute atomic E-state index is 0.144. The summed E-state index contributed by atoms with van der Waals surface area (Å²) in [6.07, 6.45) is 10.5. The Labute approximate surface area is 135 Å². The van der Waals surface area contributed by atoms with E-state index in [4.69, 9.17) is 4.74 Å². The molecule has 5 fully saturated rings. The van der Waals surface area contributed by atoms with Crippen molar-refractivity contribution >= 4 is 0 Å². The van der Waals surface area contributed by atoms with Crippen molar-refractivity contribution in [2.75, 3.05) is 26.2 Å². The van der Waals surface area contributed by atoms with Crippen LogP contribution in [0.3, 0.4) is 0 Å². The molecule has 1 heterocycles. The second-order valence-electron chi connectivity index (χ2n) is 9.07. The van der Waals surface area contributed by atoms with Crippen LogP contribution in [0.1, 0.15) is 58.3 Å². The van der Waals surface area contributed by atoms with E-state index in [-0.39, 0.29) is 11.7 Å². The van der Waals surface area contributed by atoms with E-state index < -0.39 is 0 Å². The summed E-state index contributed by atoms with van der Waals surface area (Å²) >= 11 is 0. The van der Waals surface area contributed by atoms with Gasteiger partial charge in [0.05, 0.1) is 18.3 Å². The van der Waals surface area contributed by atoms with Crippen LogP contribution in [0.15, 0.2) is 0 Å². The van der Waals surface area contributed by atoms with Crippen LogP contribution >= 0.6 is 0 Å². The molecule has 4 aliphatic carbocycles. The summed E-state index contributed by atoms with van der Waals surface area (Å²) in [6, 6.07) is 0. The molecule has 0 radical (unpaired) electrons. The standard InChI is InChI=1S/C19H33NO2/c1-14-3-2-4-20(11-14)12-18(21)13-22-19-8-15-5-16(9-19)7-17(6-15)10-19/h14-18,21H,2-13H2,1H3/t14-,15?,16?,17?,18-,19?/m0/s1. The maximum absolute atomic E-state index is 10.4. The van der Waals surface area contributed by atoms with Crippen LogP contribution in [-0.2, 0) is 4.74 Å². The zero-order chi connectivity index (χ0) is 15.2. The molecule has 0 aromatic carbocycles. The summed E-state index contributed by atoms with van der Waals surface area (Å²) in [5.41, 5.74) is 0.144. The second kappa shape index (κ2) is 6.07. The number of piperidine rings is 1. The zero-order valence-corrected chi connectivity index (χ0v) is 14.2. The largest absolute Gasteiger partial charge is 0.389 e. The smallest absolute Gasteiger partial charge is 0.0900 e. The molecule has 5 aliphatic rings. The van der Waals surface area contributed by atoms with Crippen LogP contribution in [0.2, 0.25) is 0 Å². The first-order valence-electron chi connectivity index (χ1n) is 9.64. The number of aliphatic hydroxyl groups excluding tert-OH is 1. The average molecular weight is 307 g/mol. The molecule has 22 heavy (non-hydrogen) atoms. The van der Waals surface area contributed by atoms with Crippen molar-refractivity contribution in [1.29, 1.82) is 0 Å². The van der Waals surface area contributed by atoms with Gasteiger partial charge in [0.15, 0.2) is 0 Å². The van der Waals surface area contributed by atoms with Crippen LogP contribution in [0.4, 0.5) is 0 Å². The lowest BCUT2D eigenvalue weighted by atomic mass is 9.54. The number of ether oxygens (including phenoxy) is 1. The second-order valence-corrected chi connectivity index (χ2v) is 9.07. The molecule has 4 bridgehead atoms. The summed E-state index contributed by atoms with van der Waals surface area (Å²) in [5, 5.41) is 10.4. The summed E-state index contributed by atoms with van der Waals surface area (Å²) in [7, 11) is 0. The molecule has 1 N–H and O–H groups in total. The third-order valence-electron chi connectivity index (χ3n) is 6.77. The van der Waals surface area contributed by atoms with E-state index >= 15 is 0 Å². The van der Waals surface area contributed by atoms with Crippen LogP contribution in [0.25, 0.3) is 0 Å². The molecule has 3 heteroatoms. The Balaban J connectivity index is 1.27. The van der Waals surface area contributed by atoms with Crippen molar-refractivity contribution < 1.29 is 9.84 Å². The van der Waals surface area contributed by atoms with E-state index in [1.165, 1.54) is 51.4 Å². The highest BCUT2D eigenvalue weighted by Gasteiger charge is 2.51. The van der Waals surface area contributed by atoms with Crippen molar-refractivity contribution in [3.63, 3.8) is 0 Å². The minimum atomic E-state index is -0.307. The average Bonchev–Trinajstić information content (AvgIpc) is 2.44. The molecular weight excluding hydrogens is 274 g/mol. The molecule has 126 valence electrons. The first-order chi connectivity index (χ1) is 10.6. The fourth-order valence-corrected chi connectivity index (χ4v) is 6.28. The van der Waals surface area contributed by atoms with Gasteiger partial charge in [-0.15, -0.1) is 0 Å². The molecule has 0 spiro atoms. The Morgan fingerprint density at radius 1 is 1.14 bits per heavy atom. The van der Waals surface area contributed by atoms with E-state index in [2.05, 4.69) is 11.8 Å². The summed E-state index contributed by atoms with van der Waals surface area (Å²) in [4.78, 5) is 2.43. The predicted octanol–water partition coefficient (Wildman–Crippen LogP) is 3.06. The van der Waals surface area contributed by atoms with Crippen molar-refractivity contribution in [3.05, 3.63) is 0 Å². The minimum Gasteiger partial charge on any atom is -0.389 e. The van der Waals surface area contributed by atoms with E-state index in [0.29, 0.717) is 6.61 Å². The third kappa shape index (κ3) is 3.22. The molecule has 0 aromatic rings. The normalized spacial score (nSPS) is 46.1. The number of hydrogen-bond donors (Lipinski definition) is 1. The number of aliphatic hydroxyl groups is 1. The summed E-state index contributed by atoms with van der Waals surface area (Å²) in [6.45, 7) is 5.98. The van der Waals surface area contributed by atoms with Gasteiger partial charge in [0.2, 0.25) is 0 Å². The lowest BCUT2D eigenvalue weighted by Crippen LogP contribution is -2.53. The van der Waals surface area contributed by atoms with Gasteiger partial charge in [-0.1, -0.05) is 6.92 Å². The Kier molecular flexibility index (Phi) is 4.25. The first kappa shape index (κ1) is 15.4. The van der Waals surface area contributed by atoms with Gasteiger partial charge >= 0.3 is 0 Å². The fraction of sp³-hybridized carbons (Fsp3) is 1.00. The highest BCUT2D eigenvalue weighted by atomic mass is 16.5. The maximum Gasteiger partial charge on any atom is 0.0900 e. The molecule has 0 aromatic heterocycles. The van der Waals surface area contributed by atoms with Gasteiger partial charge in [0.25, 0.3) is 0 Å². The molecule has 0 unspecified atom stereocenters. The van der Waals surface area contributed by atoms with E-state index in [1.54, 1.807) is 0 Å². The maximum atomic E-state index is 10.4. The van der Waals surface area contributed by atoms with Crippen molar-refractivity contribution in [1.82, 2.24) is 4.90 Å². The van der Waals surface area contributed by atoms with Gasteiger partial charge in [-0.25, -0.2) is 0 Å². The highest BCUT2D eigenvalue weighted by Crippen LogP contribution is 2.57. The number of nitrogens with zero attached hydrogens (tertiary/aromatic N) is 1. The van der Waals surface area contributed by atoms with Crippen LogP contribution in [0, 0.1) is 23.7 Å². The molecule has 3 nitrogen and oxygen atoms in total. The summed E-state index contributed by atoms with van der Waals surface area (Å²) in [5.74, 6) is 3.55. The molecule has 2 atom stereocenters. The lowest BCUT2D eigenvalue weighted by molar-refractivity contribution is -0.176. The predicted molar refractivity (Wildman–Crippen MR) is 87.7 cm³/mol. The molecule has 0 amide bonds. The first-order valence-corrected chi connectivity index (χ1v) is 9.64. The van der Waals surface area contributed by atoms with Crippen LogP contribution < -0.4 is 0 Å². The molecule has 1 aliphatic heterocycles. The number of β-amino-alcohol motifs (C(OH)–C–C–N with tert-alkyl or cyclic N) is 1. The monoisotopic (exact) mass is 307 g/mol. The van der Waals surface area contributed by atoms with Gasteiger partial charge < -0.3 is 14.7 Å².